The molecule has 2 saturated heterocycles. The van der Waals surface area contributed by atoms with Gasteiger partial charge in [-0.3, -0.25) is 4.90 Å². The highest BCUT2D eigenvalue weighted by Crippen LogP contribution is 2.23. The van der Waals surface area contributed by atoms with E-state index in [1.807, 2.05) is 18.4 Å². The molecule has 136 valence electrons. The van der Waals surface area contributed by atoms with Crippen molar-refractivity contribution in [2.24, 2.45) is 0 Å². The maximum Gasteiger partial charge on any atom is 0.160 e. The summed E-state index contributed by atoms with van der Waals surface area (Å²) in [7, 11) is 0. The second kappa shape index (κ2) is 6.55. The van der Waals surface area contributed by atoms with Crippen LogP contribution in [0.3, 0.4) is 0 Å². The molecule has 0 amide bonds. The maximum absolute atomic E-state index is 10.1. The van der Waals surface area contributed by atoms with Crippen LogP contribution >= 0.6 is 0 Å². The number of ether oxygens (including phenoxy) is 1. The van der Waals surface area contributed by atoms with Crippen molar-refractivity contribution < 1.29 is 9.84 Å². The fraction of sp³-hybridized carbons (Fsp3) is 0.667. The molecule has 2 atom stereocenters. The zero-order chi connectivity index (χ0) is 17.6. The summed E-state index contributed by atoms with van der Waals surface area (Å²) in [6, 6.07) is 2.26. The van der Waals surface area contributed by atoms with Crippen LogP contribution in [0.5, 0.6) is 0 Å². The van der Waals surface area contributed by atoms with Crippen LogP contribution in [0.1, 0.15) is 23.4 Å². The molecule has 4 rings (SSSR count). The van der Waals surface area contributed by atoms with Gasteiger partial charge in [0.05, 0.1) is 31.1 Å². The second-order valence-corrected chi connectivity index (χ2v) is 7.25. The second-order valence-electron chi connectivity index (χ2n) is 7.25. The van der Waals surface area contributed by atoms with Crippen molar-refractivity contribution in [3.63, 3.8) is 0 Å². The van der Waals surface area contributed by atoms with Crippen LogP contribution in [0.2, 0.25) is 0 Å². The lowest BCUT2D eigenvalue weighted by atomic mass is 10.2. The monoisotopic (exact) mass is 345 g/mol. The zero-order valence-corrected chi connectivity index (χ0v) is 15.3. The molecule has 2 aliphatic heterocycles. The maximum atomic E-state index is 10.1. The average molecular weight is 345 g/mol. The van der Waals surface area contributed by atoms with Crippen LogP contribution < -0.4 is 4.90 Å². The SMILES string of the molecule is Cc1cc(N2CCCN([C@@H]3COC[C@H]3O)CC2)n2nc(C)c(C)c2n1. The number of rotatable bonds is 2. The van der Waals surface area contributed by atoms with Crippen LogP contribution in [0.15, 0.2) is 6.07 Å². The number of hydrogen-bond acceptors (Lipinski definition) is 6. The molecule has 2 fully saturated rings. The predicted molar refractivity (Wildman–Crippen MR) is 96.2 cm³/mol. The number of aliphatic hydroxyl groups excluding tert-OH is 1. The zero-order valence-electron chi connectivity index (χ0n) is 15.3. The van der Waals surface area contributed by atoms with E-state index in [0.717, 1.165) is 61.0 Å². The molecule has 2 aromatic heterocycles. The Morgan fingerprint density at radius 3 is 2.72 bits per heavy atom. The van der Waals surface area contributed by atoms with Gasteiger partial charge in [0.1, 0.15) is 5.82 Å². The Bertz CT molecular complexity index is 774. The molecule has 0 aromatic carbocycles. The molecule has 2 aromatic rings. The van der Waals surface area contributed by atoms with Crippen molar-refractivity contribution in [1.82, 2.24) is 19.5 Å². The molecule has 25 heavy (non-hydrogen) atoms. The molecule has 2 aliphatic rings. The smallest absolute Gasteiger partial charge is 0.160 e. The van der Waals surface area contributed by atoms with Crippen LogP contribution in [0.25, 0.3) is 5.65 Å². The largest absolute Gasteiger partial charge is 0.389 e. The lowest BCUT2D eigenvalue weighted by Gasteiger charge is -2.28. The van der Waals surface area contributed by atoms with Crippen LogP contribution in [0, 0.1) is 20.8 Å². The van der Waals surface area contributed by atoms with E-state index in [2.05, 4.69) is 27.8 Å². The highest BCUT2D eigenvalue weighted by Gasteiger charge is 2.32. The quantitative estimate of drug-likeness (QED) is 0.873. The molecule has 1 N–H and O–H groups in total. The molecule has 0 saturated carbocycles. The molecule has 0 unspecified atom stereocenters. The third-order valence-corrected chi connectivity index (χ3v) is 5.51. The first-order chi connectivity index (χ1) is 12.0. The first-order valence-electron chi connectivity index (χ1n) is 9.13. The van der Waals surface area contributed by atoms with Gasteiger partial charge in [-0.2, -0.15) is 9.61 Å². The minimum Gasteiger partial charge on any atom is -0.389 e. The van der Waals surface area contributed by atoms with Gasteiger partial charge >= 0.3 is 0 Å². The van der Waals surface area contributed by atoms with Gasteiger partial charge in [-0.1, -0.05) is 0 Å². The number of aromatic nitrogens is 3. The van der Waals surface area contributed by atoms with Crippen molar-refractivity contribution in [2.75, 3.05) is 44.3 Å². The van der Waals surface area contributed by atoms with E-state index in [1.165, 1.54) is 0 Å². The van der Waals surface area contributed by atoms with Crippen LogP contribution in [0.4, 0.5) is 5.82 Å². The third-order valence-electron chi connectivity index (χ3n) is 5.51. The van der Waals surface area contributed by atoms with Gasteiger partial charge in [-0.15, -0.1) is 0 Å². The first kappa shape index (κ1) is 16.8. The van der Waals surface area contributed by atoms with Crippen LogP contribution in [-0.4, -0.2) is 76.1 Å². The normalized spacial score (nSPS) is 25.7. The minimum atomic E-state index is -0.363. The number of anilines is 1. The van der Waals surface area contributed by atoms with E-state index in [4.69, 9.17) is 9.84 Å². The van der Waals surface area contributed by atoms with Crippen molar-refractivity contribution >= 4 is 11.5 Å². The number of hydrogen-bond donors (Lipinski definition) is 1. The Morgan fingerprint density at radius 1 is 1.12 bits per heavy atom. The summed E-state index contributed by atoms with van der Waals surface area (Å²) in [5, 5.41) is 14.8. The lowest BCUT2D eigenvalue weighted by molar-refractivity contribution is 0.0859. The van der Waals surface area contributed by atoms with Gasteiger partial charge in [0.15, 0.2) is 5.65 Å². The van der Waals surface area contributed by atoms with E-state index < -0.39 is 0 Å². The van der Waals surface area contributed by atoms with Crippen molar-refractivity contribution in [2.45, 2.75) is 39.3 Å². The fourth-order valence-electron chi connectivity index (χ4n) is 3.94. The number of aliphatic hydroxyl groups is 1. The number of fused-ring (bicyclic) bond motifs is 1. The van der Waals surface area contributed by atoms with Crippen molar-refractivity contribution in [1.29, 1.82) is 0 Å². The summed E-state index contributed by atoms with van der Waals surface area (Å²) in [5.74, 6) is 1.11. The lowest BCUT2D eigenvalue weighted by Crippen LogP contribution is -2.44. The van der Waals surface area contributed by atoms with E-state index in [-0.39, 0.29) is 12.1 Å². The fourth-order valence-corrected chi connectivity index (χ4v) is 3.94. The minimum absolute atomic E-state index is 0.133. The Balaban J connectivity index is 1.60. The summed E-state index contributed by atoms with van der Waals surface area (Å²) in [6.07, 6.45) is 0.698. The predicted octanol–water partition coefficient (Wildman–Crippen LogP) is 0.926. The summed E-state index contributed by atoms with van der Waals surface area (Å²) < 4.78 is 7.42. The highest BCUT2D eigenvalue weighted by molar-refractivity contribution is 5.56. The van der Waals surface area contributed by atoms with Crippen molar-refractivity contribution in [3.05, 3.63) is 23.0 Å². The highest BCUT2D eigenvalue weighted by atomic mass is 16.5. The third kappa shape index (κ3) is 3.01. The summed E-state index contributed by atoms with van der Waals surface area (Å²) in [5.41, 5.74) is 4.15. The number of aryl methyl sites for hydroxylation is 3. The van der Waals surface area contributed by atoms with Gasteiger partial charge < -0.3 is 14.7 Å². The Labute approximate surface area is 148 Å². The molecule has 0 radical (unpaired) electrons. The van der Waals surface area contributed by atoms with Gasteiger partial charge in [0, 0.05) is 43.5 Å². The molecule has 0 aliphatic carbocycles. The molecule has 0 spiro atoms. The van der Waals surface area contributed by atoms with Gasteiger partial charge in [-0.25, -0.2) is 4.98 Å². The molecule has 7 nitrogen and oxygen atoms in total. The number of nitrogens with zero attached hydrogens (tertiary/aromatic N) is 5. The summed E-state index contributed by atoms with van der Waals surface area (Å²) >= 11 is 0. The van der Waals surface area contributed by atoms with Gasteiger partial charge in [0.2, 0.25) is 0 Å². The van der Waals surface area contributed by atoms with Crippen molar-refractivity contribution in [3.8, 4) is 0 Å². The topological polar surface area (TPSA) is 66.1 Å². The van der Waals surface area contributed by atoms with E-state index in [0.29, 0.717) is 13.2 Å². The standard InChI is InChI=1S/C18H27N5O2/c1-12-9-17(23-18(19-12)13(2)14(3)20-23)22-6-4-5-21(7-8-22)15-10-25-11-16(15)24/h9,15-16,24H,4-8,10-11H2,1-3H3/t15-,16-/m1/s1. The molecule has 4 heterocycles. The summed E-state index contributed by atoms with van der Waals surface area (Å²) in [4.78, 5) is 9.45. The summed E-state index contributed by atoms with van der Waals surface area (Å²) in [6.45, 7) is 11.1. The van der Waals surface area contributed by atoms with Gasteiger partial charge in [-0.05, 0) is 27.2 Å². The Hall–Kier alpha value is -1.70. The van der Waals surface area contributed by atoms with Crippen LogP contribution in [-0.2, 0) is 4.74 Å². The van der Waals surface area contributed by atoms with E-state index in [1.54, 1.807) is 0 Å². The van der Waals surface area contributed by atoms with Gasteiger partial charge in [0.25, 0.3) is 0 Å². The first-order valence-corrected chi connectivity index (χ1v) is 9.13. The molecular formula is C18H27N5O2. The molecule has 7 heteroatoms. The van der Waals surface area contributed by atoms with E-state index in [9.17, 15) is 5.11 Å². The molecular weight excluding hydrogens is 318 g/mol. The van der Waals surface area contributed by atoms with E-state index >= 15 is 0 Å². The molecule has 0 bridgehead atoms. The Morgan fingerprint density at radius 2 is 1.96 bits per heavy atom. The Kier molecular flexibility index (Phi) is 4.39. The average Bonchev–Trinajstić information content (AvgIpc) is 3.02.